The first-order valence-electron chi connectivity index (χ1n) is 5.64. The Balaban J connectivity index is 3.82. The van der Waals surface area contributed by atoms with Gasteiger partial charge in [0.25, 0.3) is 0 Å². The van der Waals surface area contributed by atoms with Gasteiger partial charge in [-0.05, 0) is 0 Å². The lowest BCUT2D eigenvalue weighted by Gasteiger charge is -2.16. The van der Waals surface area contributed by atoms with Crippen LogP contribution in [0.1, 0.15) is 0 Å². The molecule has 0 heterocycles. The SMILES string of the molecule is O=C(O)C(O)C(O)C(=O)OC(O)COCCOCCO. The van der Waals surface area contributed by atoms with Crippen molar-refractivity contribution in [2.45, 2.75) is 18.5 Å². The van der Waals surface area contributed by atoms with Gasteiger partial charge in [0.2, 0.25) is 6.29 Å². The van der Waals surface area contributed by atoms with Crippen molar-refractivity contribution in [2.24, 2.45) is 0 Å². The molecule has 0 spiro atoms. The van der Waals surface area contributed by atoms with Gasteiger partial charge in [0.05, 0.1) is 26.4 Å². The molecule has 10 nitrogen and oxygen atoms in total. The van der Waals surface area contributed by atoms with E-state index in [0.717, 1.165) is 0 Å². The molecule has 0 aliphatic carbocycles. The number of hydrogen-bond acceptors (Lipinski definition) is 9. The summed E-state index contributed by atoms with van der Waals surface area (Å²) in [6.45, 7) is -0.204. The molecule has 0 bridgehead atoms. The van der Waals surface area contributed by atoms with E-state index in [0.29, 0.717) is 0 Å². The highest BCUT2D eigenvalue weighted by Gasteiger charge is 2.32. The number of aliphatic carboxylic acids is 1. The van der Waals surface area contributed by atoms with Gasteiger partial charge in [-0.25, -0.2) is 9.59 Å². The van der Waals surface area contributed by atoms with Crippen molar-refractivity contribution in [3.05, 3.63) is 0 Å². The Morgan fingerprint density at radius 3 is 2.10 bits per heavy atom. The summed E-state index contributed by atoms with van der Waals surface area (Å²) in [5.74, 6) is -3.30. The van der Waals surface area contributed by atoms with Gasteiger partial charge < -0.3 is 39.7 Å². The number of aliphatic hydroxyl groups is 4. The summed E-state index contributed by atoms with van der Waals surface area (Å²) in [6, 6.07) is 0. The summed E-state index contributed by atoms with van der Waals surface area (Å²) in [7, 11) is 0. The number of carbonyl (C=O) groups excluding carboxylic acids is 1. The van der Waals surface area contributed by atoms with Crippen molar-refractivity contribution in [3.63, 3.8) is 0 Å². The lowest BCUT2D eigenvalue weighted by molar-refractivity contribution is -0.194. The normalized spacial score (nSPS) is 15.4. The molecule has 0 radical (unpaired) electrons. The lowest BCUT2D eigenvalue weighted by atomic mass is 10.2. The topological polar surface area (TPSA) is 163 Å². The second-order valence-corrected chi connectivity index (χ2v) is 3.53. The Kier molecular flexibility index (Phi) is 9.80. The Labute approximate surface area is 114 Å². The van der Waals surface area contributed by atoms with Gasteiger partial charge in [0, 0.05) is 0 Å². The quantitative estimate of drug-likeness (QED) is 0.148. The summed E-state index contributed by atoms with van der Waals surface area (Å²) >= 11 is 0. The van der Waals surface area contributed by atoms with Gasteiger partial charge in [-0.2, -0.15) is 0 Å². The van der Waals surface area contributed by atoms with Crippen molar-refractivity contribution < 1.29 is 49.3 Å². The minimum Gasteiger partial charge on any atom is -0.479 e. The minimum absolute atomic E-state index is 0.0644. The smallest absolute Gasteiger partial charge is 0.340 e. The molecule has 0 rings (SSSR count). The summed E-state index contributed by atoms with van der Waals surface area (Å²) in [4.78, 5) is 21.4. The third kappa shape index (κ3) is 7.99. The predicted molar refractivity (Wildman–Crippen MR) is 60.5 cm³/mol. The second-order valence-electron chi connectivity index (χ2n) is 3.53. The van der Waals surface area contributed by atoms with Crippen LogP contribution in [0.25, 0.3) is 0 Å². The van der Waals surface area contributed by atoms with Gasteiger partial charge in [-0.1, -0.05) is 0 Å². The van der Waals surface area contributed by atoms with Crippen LogP contribution in [0.5, 0.6) is 0 Å². The minimum atomic E-state index is -2.34. The Hall–Kier alpha value is -1.30. The van der Waals surface area contributed by atoms with Gasteiger partial charge in [-0.15, -0.1) is 0 Å². The molecule has 5 N–H and O–H groups in total. The number of rotatable bonds is 11. The highest BCUT2D eigenvalue weighted by Crippen LogP contribution is 2.00. The summed E-state index contributed by atoms with van der Waals surface area (Å²) in [5.41, 5.74) is 0. The second kappa shape index (κ2) is 10.5. The third-order valence-electron chi connectivity index (χ3n) is 1.91. The molecule has 0 saturated carbocycles. The van der Waals surface area contributed by atoms with Crippen LogP contribution in [0.15, 0.2) is 0 Å². The summed E-state index contributed by atoms with van der Waals surface area (Å²) < 4.78 is 13.9. The Bertz CT molecular complexity index is 294. The van der Waals surface area contributed by atoms with Crippen LogP contribution < -0.4 is 0 Å². The van der Waals surface area contributed by atoms with Crippen LogP contribution in [0.4, 0.5) is 0 Å². The molecule has 10 heteroatoms. The standard InChI is InChI=1S/C10H18O10/c11-1-2-18-3-4-19-5-6(12)20-10(17)8(14)7(13)9(15)16/h6-8,11-14H,1-5H2,(H,15,16). The zero-order valence-electron chi connectivity index (χ0n) is 10.5. The average Bonchev–Trinajstić information content (AvgIpc) is 2.40. The van der Waals surface area contributed by atoms with E-state index in [-0.39, 0.29) is 26.4 Å². The van der Waals surface area contributed by atoms with Crippen LogP contribution in [-0.2, 0) is 23.8 Å². The van der Waals surface area contributed by atoms with Crippen molar-refractivity contribution in [3.8, 4) is 0 Å². The van der Waals surface area contributed by atoms with E-state index in [1.165, 1.54) is 0 Å². The van der Waals surface area contributed by atoms with Gasteiger partial charge in [-0.3, -0.25) is 0 Å². The Morgan fingerprint density at radius 2 is 1.55 bits per heavy atom. The molecule has 20 heavy (non-hydrogen) atoms. The van der Waals surface area contributed by atoms with Crippen LogP contribution in [0, 0.1) is 0 Å². The molecule has 0 aliphatic heterocycles. The van der Waals surface area contributed by atoms with E-state index in [9.17, 15) is 14.7 Å². The average molecular weight is 298 g/mol. The van der Waals surface area contributed by atoms with E-state index < -0.39 is 37.0 Å². The van der Waals surface area contributed by atoms with Crippen molar-refractivity contribution in [1.29, 1.82) is 0 Å². The molecule has 0 saturated heterocycles. The highest BCUT2D eigenvalue weighted by molar-refractivity contribution is 5.84. The Morgan fingerprint density at radius 1 is 0.950 bits per heavy atom. The maximum atomic E-state index is 11.1. The first-order chi connectivity index (χ1) is 9.40. The maximum Gasteiger partial charge on any atom is 0.340 e. The third-order valence-corrected chi connectivity index (χ3v) is 1.91. The monoisotopic (exact) mass is 298 g/mol. The molecular weight excluding hydrogens is 280 g/mol. The van der Waals surface area contributed by atoms with Gasteiger partial charge >= 0.3 is 11.9 Å². The van der Waals surface area contributed by atoms with Crippen LogP contribution in [0.2, 0.25) is 0 Å². The maximum absolute atomic E-state index is 11.1. The summed E-state index contributed by atoms with van der Waals surface area (Å²) in [5, 5.41) is 43.9. The largest absolute Gasteiger partial charge is 0.479 e. The van der Waals surface area contributed by atoms with Gasteiger partial charge in [0.15, 0.2) is 12.2 Å². The fourth-order valence-corrected chi connectivity index (χ4v) is 0.970. The summed E-state index contributed by atoms with van der Waals surface area (Å²) in [6.07, 6.45) is -6.38. The predicted octanol–water partition coefficient (Wildman–Crippen LogP) is -3.32. The van der Waals surface area contributed by atoms with E-state index in [2.05, 4.69) is 4.74 Å². The van der Waals surface area contributed by atoms with E-state index >= 15 is 0 Å². The van der Waals surface area contributed by atoms with E-state index in [4.69, 9.17) is 29.9 Å². The fourth-order valence-electron chi connectivity index (χ4n) is 0.970. The molecule has 0 amide bonds. The van der Waals surface area contributed by atoms with Gasteiger partial charge in [0.1, 0.15) is 6.61 Å². The number of carboxylic acid groups (broad SMARTS) is 1. The molecule has 0 aromatic carbocycles. The first kappa shape index (κ1) is 18.7. The van der Waals surface area contributed by atoms with Crippen LogP contribution in [-0.4, -0.2) is 89.0 Å². The molecular formula is C10H18O10. The lowest BCUT2D eigenvalue weighted by Crippen LogP contribution is -2.42. The number of hydrogen-bond donors (Lipinski definition) is 5. The first-order valence-corrected chi connectivity index (χ1v) is 5.64. The van der Waals surface area contributed by atoms with Crippen molar-refractivity contribution in [1.82, 2.24) is 0 Å². The molecule has 0 fully saturated rings. The molecule has 0 aromatic heterocycles. The highest BCUT2D eigenvalue weighted by atomic mass is 16.7. The van der Waals surface area contributed by atoms with Crippen molar-refractivity contribution in [2.75, 3.05) is 33.0 Å². The van der Waals surface area contributed by atoms with Crippen LogP contribution in [0.3, 0.4) is 0 Å². The molecule has 118 valence electrons. The molecule has 3 unspecified atom stereocenters. The van der Waals surface area contributed by atoms with Crippen LogP contribution >= 0.6 is 0 Å². The molecule has 0 aromatic rings. The number of ether oxygens (including phenoxy) is 3. The number of esters is 1. The van der Waals surface area contributed by atoms with E-state index in [1.54, 1.807) is 0 Å². The molecule has 0 aliphatic rings. The zero-order valence-corrected chi connectivity index (χ0v) is 10.5. The molecule has 3 atom stereocenters. The number of carboxylic acids is 1. The fraction of sp³-hybridized carbons (Fsp3) is 0.800. The zero-order chi connectivity index (χ0) is 15.5. The number of aliphatic hydroxyl groups excluding tert-OH is 4. The number of carbonyl (C=O) groups is 2. The van der Waals surface area contributed by atoms with E-state index in [1.807, 2.05) is 0 Å². The van der Waals surface area contributed by atoms with Crippen molar-refractivity contribution >= 4 is 11.9 Å².